The summed E-state index contributed by atoms with van der Waals surface area (Å²) < 4.78 is 47.6. The van der Waals surface area contributed by atoms with Gasteiger partial charge in [-0.3, -0.25) is 0 Å². The summed E-state index contributed by atoms with van der Waals surface area (Å²) in [4.78, 5) is 0.623. The van der Waals surface area contributed by atoms with Gasteiger partial charge in [0.25, 0.3) is 0 Å². The average Bonchev–Trinajstić information content (AvgIpc) is 2.94. The first-order valence-electron chi connectivity index (χ1n) is 4.89. The zero-order chi connectivity index (χ0) is 12.7. The molecule has 1 heterocycles. The molecule has 96 valence electrons. The van der Waals surface area contributed by atoms with Gasteiger partial charge in [0.1, 0.15) is 4.21 Å². The van der Waals surface area contributed by atoms with Gasteiger partial charge in [-0.25, -0.2) is 26.7 Å². The molecule has 1 aromatic heterocycles. The Bertz CT molecular complexity index is 613. The number of nitrogens with one attached hydrogen (secondary N) is 1. The fourth-order valence-corrected chi connectivity index (χ4v) is 4.43. The van der Waals surface area contributed by atoms with Gasteiger partial charge in [0.15, 0.2) is 0 Å². The first-order chi connectivity index (χ1) is 7.79. The van der Waals surface area contributed by atoms with E-state index >= 15 is 0 Å². The van der Waals surface area contributed by atoms with Crippen molar-refractivity contribution >= 4 is 31.4 Å². The molecule has 0 bridgehead atoms. The second-order valence-corrected chi connectivity index (χ2v) is 8.83. The van der Waals surface area contributed by atoms with Gasteiger partial charge in [0.05, 0.1) is 5.25 Å². The minimum absolute atomic E-state index is 0.0399. The van der Waals surface area contributed by atoms with Gasteiger partial charge in [0, 0.05) is 11.4 Å². The number of sulfonamides is 2. The number of thiophene rings is 1. The largest absolute Gasteiger partial charge is 0.247 e. The molecule has 9 heteroatoms. The van der Waals surface area contributed by atoms with E-state index in [0.29, 0.717) is 17.7 Å². The Labute approximate surface area is 104 Å². The van der Waals surface area contributed by atoms with E-state index in [-0.39, 0.29) is 16.0 Å². The van der Waals surface area contributed by atoms with Gasteiger partial charge < -0.3 is 0 Å². The van der Waals surface area contributed by atoms with E-state index in [2.05, 4.69) is 4.72 Å². The van der Waals surface area contributed by atoms with Crippen LogP contribution in [0.5, 0.6) is 0 Å². The summed E-state index contributed by atoms with van der Waals surface area (Å²) in [5.41, 5.74) is 0. The highest BCUT2D eigenvalue weighted by Gasteiger charge is 2.35. The van der Waals surface area contributed by atoms with Crippen molar-refractivity contribution in [2.24, 2.45) is 5.14 Å². The summed E-state index contributed by atoms with van der Waals surface area (Å²) in [7, 11) is -6.93. The number of nitrogens with two attached hydrogens (primary N) is 1. The highest BCUT2D eigenvalue weighted by Crippen LogP contribution is 2.28. The summed E-state index contributed by atoms with van der Waals surface area (Å²) in [5, 5.41) is 4.68. The van der Waals surface area contributed by atoms with Crippen LogP contribution >= 0.6 is 11.3 Å². The zero-order valence-corrected chi connectivity index (χ0v) is 11.2. The Morgan fingerprint density at radius 1 is 1.29 bits per heavy atom. The molecule has 1 saturated carbocycles. The van der Waals surface area contributed by atoms with E-state index in [0.717, 1.165) is 11.3 Å². The van der Waals surface area contributed by atoms with Crippen LogP contribution in [-0.4, -0.2) is 22.1 Å². The van der Waals surface area contributed by atoms with E-state index in [1.54, 1.807) is 6.07 Å². The Kier molecular flexibility index (Phi) is 3.29. The second-order valence-electron chi connectivity index (χ2n) is 3.83. The molecule has 0 radical (unpaired) electrons. The van der Waals surface area contributed by atoms with Gasteiger partial charge in [-0.15, -0.1) is 11.3 Å². The predicted octanol–water partition coefficient (Wildman–Crippen LogP) is -0.0227. The monoisotopic (exact) mass is 296 g/mol. The highest BCUT2D eigenvalue weighted by atomic mass is 32.2. The van der Waals surface area contributed by atoms with Gasteiger partial charge in [-0.1, -0.05) is 0 Å². The van der Waals surface area contributed by atoms with E-state index in [9.17, 15) is 16.8 Å². The first-order valence-corrected chi connectivity index (χ1v) is 8.80. The van der Waals surface area contributed by atoms with Crippen LogP contribution in [0.3, 0.4) is 0 Å². The van der Waals surface area contributed by atoms with Crippen LogP contribution in [0.2, 0.25) is 0 Å². The first kappa shape index (κ1) is 13.0. The van der Waals surface area contributed by atoms with Crippen LogP contribution in [0, 0.1) is 0 Å². The lowest BCUT2D eigenvalue weighted by atomic mass is 10.5. The number of primary sulfonamides is 1. The van der Waals surface area contributed by atoms with E-state index in [4.69, 9.17) is 5.14 Å². The van der Waals surface area contributed by atoms with Gasteiger partial charge >= 0.3 is 0 Å². The van der Waals surface area contributed by atoms with Gasteiger partial charge in [-0.05, 0) is 25.0 Å². The van der Waals surface area contributed by atoms with Crippen LogP contribution in [0.1, 0.15) is 17.7 Å². The molecule has 1 aliphatic carbocycles. The Balaban J connectivity index is 2.03. The van der Waals surface area contributed by atoms with Crippen molar-refractivity contribution < 1.29 is 16.8 Å². The third-order valence-electron chi connectivity index (χ3n) is 2.33. The minimum atomic E-state index is -3.70. The van der Waals surface area contributed by atoms with Crippen LogP contribution in [0.25, 0.3) is 0 Å². The number of rotatable bonds is 5. The van der Waals surface area contributed by atoms with E-state index in [1.807, 2.05) is 0 Å². The lowest BCUT2D eigenvalue weighted by molar-refractivity contribution is 0.580. The molecule has 0 aromatic carbocycles. The molecule has 3 N–H and O–H groups in total. The molecule has 1 aliphatic rings. The fourth-order valence-electron chi connectivity index (χ4n) is 1.27. The van der Waals surface area contributed by atoms with E-state index < -0.39 is 20.0 Å². The van der Waals surface area contributed by atoms with E-state index in [1.165, 1.54) is 6.07 Å². The van der Waals surface area contributed by atoms with Crippen LogP contribution in [0.4, 0.5) is 0 Å². The molecular formula is C8H12N2O4S3. The molecule has 2 rings (SSSR count). The summed E-state index contributed by atoms with van der Waals surface area (Å²) in [6, 6.07) is 2.93. The Morgan fingerprint density at radius 3 is 2.41 bits per heavy atom. The molecule has 0 saturated heterocycles. The van der Waals surface area contributed by atoms with Gasteiger partial charge in [0.2, 0.25) is 20.0 Å². The normalized spacial score (nSPS) is 17.2. The van der Waals surface area contributed by atoms with Crippen LogP contribution in [0.15, 0.2) is 16.3 Å². The van der Waals surface area contributed by atoms with Gasteiger partial charge in [-0.2, -0.15) is 0 Å². The third-order valence-corrected chi connectivity index (χ3v) is 6.75. The zero-order valence-electron chi connectivity index (χ0n) is 8.79. The highest BCUT2D eigenvalue weighted by molar-refractivity contribution is 7.91. The Morgan fingerprint density at radius 2 is 1.94 bits per heavy atom. The molecule has 17 heavy (non-hydrogen) atoms. The quantitative estimate of drug-likeness (QED) is 0.796. The average molecular weight is 296 g/mol. The molecule has 0 unspecified atom stereocenters. The van der Waals surface area contributed by atoms with Crippen molar-refractivity contribution in [2.75, 3.05) is 0 Å². The second kappa shape index (κ2) is 4.32. The smallest absolute Gasteiger partial charge is 0.224 e. The molecule has 0 atom stereocenters. The molecule has 0 amide bonds. The standard InChI is InChI=1S/C8H12N2O4S3/c9-16(11,12)8-4-1-6(15-8)5-10-17(13,14)7-2-3-7/h1,4,7,10H,2-3,5H2,(H2,9,11,12). The lowest BCUT2D eigenvalue weighted by Crippen LogP contribution is -2.26. The third kappa shape index (κ3) is 3.26. The molecular weight excluding hydrogens is 284 g/mol. The van der Waals surface area contributed by atoms with Crippen LogP contribution < -0.4 is 9.86 Å². The van der Waals surface area contributed by atoms with Crippen molar-refractivity contribution in [2.45, 2.75) is 28.8 Å². The SMILES string of the molecule is NS(=O)(=O)c1ccc(CNS(=O)(=O)C2CC2)s1. The summed E-state index contributed by atoms with van der Waals surface area (Å²) >= 11 is 0.973. The summed E-state index contributed by atoms with van der Waals surface area (Å²) in [6.45, 7) is 0.110. The predicted molar refractivity (Wildman–Crippen MR) is 64.5 cm³/mol. The number of hydrogen-bond acceptors (Lipinski definition) is 5. The minimum Gasteiger partial charge on any atom is -0.224 e. The van der Waals surface area contributed by atoms with Crippen molar-refractivity contribution in [3.05, 3.63) is 17.0 Å². The molecule has 1 fully saturated rings. The topological polar surface area (TPSA) is 106 Å². The van der Waals surface area contributed by atoms with Crippen molar-refractivity contribution in [3.63, 3.8) is 0 Å². The summed E-state index contributed by atoms with van der Waals surface area (Å²) in [6.07, 6.45) is 1.39. The van der Waals surface area contributed by atoms with Crippen molar-refractivity contribution in [1.29, 1.82) is 0 Å². The lowest BCUT2D eigenvalue weighted by Gasteiger charge is -2.02. The van der Waals surface area contributed by atoms with Crippen molar-refractivity contribution in [3.8, 4) is 0 Å². The van der Waals surface area contributed by atoms with Crippen molar-refractivity contribution in [1.82, 2.24) is 4.72 Å². The maximum Gasteiger partial charge on any atom is 0.247 e. The molecule has 1 aromatic rings. The summed E-state index contributed by atoms with van der Waals surface area (Å²) in [5.74, 6) is 0. The number of hydrogen-bond donors (Lipinski definition) is 2. The molecule has 0 spiro atoms. The fraction of sp³-hybridized carbons (Fsp3) is 0.500. The molecule has 0 aliphatic heterocycles. The maximum absolute atomic E-state index is 11.5. The Hall–Kier alpha value is -0.480. The van der Waals surface area contributed by atoms with Crippen LogP contribution in [-0.2, 0) is 26.6 Å². The molecule has 6 nitrogen and oxygen atoms in total. The maximum atomic E-state index is 11.5.